The van der Waals surface area contributed by atoms with E-state index < -0.39 is 0 Å². The molecule has 0 radical (unpaired) electrons. The van der Waals surface area contributed by atoms with E-state index in [0.717, 1.165) is 4.90 Å². The van der Waals surface area contributed by atoms with Crippen molar-refractivity contribution >= 4 is 51.1 Å². The van der Waals surface area contributed by atoms with E-state index in [4.69, 9.17) is 11.6 Å². The van der Waals surface area contributed by atoms with Gasteiger partial charge in [0.25, 0.3) is 11.8 Å². The highest BCUT2D eigenvalue weighted by molar-refractivity contribution is 9.10. The Morgan fingerprint density at radius 3 is 2.39 bits per heavy atom. The van der Waals surface area contributed by atoms with Gasteiger partial charge in [-0.3, -0.25) is 20.4 Å². The van der Waals surface area contributed by atoms with Crippen molar-refractivity contribution < 1.29 is 9.59 Å². The molecule has 0 fully saturated rings. The fourth-order valence-corrected chi connectivity index (χ4v) is 3.16. The quantitative estimate of drug-likeness (QED) is 0.587. The van der Waals surface area contributed by atoms with Crippen LogP contribution in [0.2, 0.25) is 5.02 Å². The summed E-state index contributed by atoms with van der Waals surface area (Å²) in [4.78, 5) is 25.0. The molecule has 0 unspecified atom stereocenters. The Hall–Kier alpha value is -1.50. The topological polar surface area (TPSA) is 58.2 Å². The molecule has 0 aliphatic heterocycles. The van der Waals surface area contributed by atoms with E-state index in [1.54, 1.807) is 37.3 Å². The molecule has 0 aliphatic rings. The molecule has 23 heavy (non-hydrogen) atoms. The fourth-order valence-electron chi connectivity index (χ4n) is 1.70. The summed E-state index contributed by atoms with van der Waals surface area (Å²) in [7, 11) is 0. The SMILES string of the molecule is C[C@H](Sc1ccc(Cl)cc1)C(=O)NNC(=O)c1ccccc1Br. The van der Waals surface area contributed by atoms with Crippen LogP contribution in [0.25, 0.3) is 0 Å². The predicted octanol–water partition coefficient (Wildman–Crippen LogP) is 4.04. The van der Waals surface area contributed by atoms with Crippen molar-refractivity contribution in [1.82, 2.24) is 10.9 Å². The highest BCUT2D eigenvalue weighted by Crippen LogP contribution is 2.24. The Kier molecular flexibility index (Phi) is 6.50. The maximum Gasteiger partial charge on any atom is 0.270 e. The fraction of sp³-hybridized carbons (Fsp3) is 0.125. The first kappa shape index (κ1) is 17.8. The van der Waals surface area contributed by atoms with Gasteiger partial charge >= 0.3 is 0 Å². The summed E-state index contributed by atoms with van der Waals surface area (Å²) in [5, 5.41) is 0.280. The zero-order valence-electron chi connectivity index (χ0n) is 12.2. The monoisotopic (exact) mass is 412 g/mol. The van der Waals surface area contributed by atoms with Gasteiger partial charge in [-0.2, -0.15) is 0 Å². The first-order valence-electron chi connectivity index (χ1n) is 6.74. The number of amides is 2. The molecule has 2 N–H and O–H groups in total. The Balaban J connectivity index is 1.87. The van der Waals surface area contributed by atoms with Crippen LogP contribution in [0.5, 0.6) is 0 Å². The lowest BCUT2D eigenvalue weighted by Gasteiger charge is -2.13. The van der Waals surface area contributed by atoms with E-state index in [1.807, 2.05) is 18.2 Å². The maximum absolute atomic E-state index is 12.1. The predicted molar refractivity (Wildman–Crippen MR) is 96.5 cm³/mol. The zero-order valence-corrected chi connectivity index (χ0v) is 15.3. The number of nitrogens with one attached hydrogen (secondary N) is 2. The number of hydrogen-bond acceptors (Lipinski definition) is 3. The molecule has 2 aromatic carbocycles. The van der Waals surface area contributed by atoms with Gasteiger partial charge in [0, 0.05) is 14.4 Å². The molecule has 0 saturated heterocycles. The summed E-state index contributed by atoms with van der Waals surface area (Å²) in [5.41, 5.74) is 5.30. The van der Waals surface area contributed by atoms with Crippen LogP contribution in [0.4, 0.5) is 0 Å². The van der Waals surface area contributed by atoms with Gasteiger partial charge in [0.1, 0.15) is 0 Å². The normalized spacial score (nSPS) is 11.6. The third-order valence-corrected chi connectivity index (χ3v) is 4.97. The number of carbonyl (C=O) groups is 2. The number of rotatable bonds is 4. The molecule has 2 aromatic rings. The van der Waals surface area contributed by atoms with Gasteiger partial charge in [-0.05, 0) is 59.3 Å². The molecule has 1 atom stereocenters. The summed E-state index contributed by atoms with van der Waals surface area (Å²) in [6, 6.07) is 14.2. The molecule has 0 aromatic heterocycles. The average Bonchev–Trinajstić information content (AvgIpc) is 2.54. The van der Waals surface area contributed by atoms with E-state index in [9.17, 15) is 9.59 Å². The van der Waals surface area contributed by atoms with Crippen molar-refractivity contribution in [3.05, 3.63) is 63.6 Å². The summed E-state index contributed by atoms with van der Waals surface area (Å²) >= 11 is 10.5. The van der Waals surface area contributed by atoms with Gasteiger partial charge in [0.15, 0.2) is 0 Å². The van der Waals surface area contributed by atoms with Gasteiger partial charge in [-0.25, -0.2) is 0 Å². The van der Waals surface area contributed by atoms with E-state index in [0.29, 0.717) is 15.1 Å². The third-order valence-electron chi connectivity index (χ3n) is 2.91. The Bertz CT molecular complexity index is 709. The Morgan fingerprint density at radius 2 is 1.74 bits per heavy atom. The Morgan fingerprint density at radius 1 is 1.09 bits per heavy atom. The van der Waals surface area contributed by atoms with Crippen molar-refractivity contribution in [3.63, 3.8) is 0 Å². The number of hydrogen-bond donors (Lipinski definition) is 2. The number of hydrazine groups is 1. The molecule has 0 aliphatic carbocycles. The van der Waals surface area contributed by atoms with Gasteiger partial charge in [0.2, 0.25) is 0 Å². The molecule has 0 bridgehead atoms. The lowest BCUT2D eigenvalue weighted by Crippen LogP contribution is -2.45. The lowest BCUT2D eigenvalue weighted by atomic mass is 10.2. The maximum atomic E-state index is 12.1. The van der Waals surface area contributed by atoms with Crippen LogP contribution in [0.1, 0.15) is 17.3 Å². The van der Waals surface area contributed by atoms with Gasteiger partial charge < -0.3 is 0 Å². The van der Waals surface area contributed by atoms with Crippen molar-refractivity contribution in [1.29, 1.82) is 0 Å². The van der Waals surface area contributed by atoms with Crippen molar-refractivity contribution in [2.75, 3.05) is 0 Å². The third kappa shape index (κ3) is 5.27. The molecule has 0 heterocycles. The summed E-state index contributed by atoms with van der Waals surface area (Å²) < 4.78 is 0.662. The van der Waals surface area contributed by atoms with E-state index in [2.05, 4.69) is 26.8 Å². The second-order valence-corrected chi connectivity index (χ2v) is 7.34. The van der Waals surface area contributed by atoms with E-state index in [1.165, 1.54) is 11.8 Å². The summed E-state index contributed by atoms with van der Waals surface area (Å²) in [5.74, 6) is -0.667. The molecule has 4 nitrogen and oxygen atoms in total. The van der Waals surface area contributed by atoms with Crippen LogP contribution in [0.3, 0.4) is 0 Å². The lowest BCUT2D eigenvalue weighted by molar-refractivity contribution is -0.121. The standard InChI is InChI=1S/C16H14BrClN2O2S/c1-10(23-12-8-6-11(18)7-9-12)15(21)19-20-16(22)13-4-2-3-5-14(13)17/h2-10H,1H3,(H,19,21)(H,20,22)/t10-/m0/s1. The molecule has 7 heteroatoms. The first-order valence-corrected chi connectivity index (χ1v) is 8.79. The Labute approximate surface area is 152 Å². The van der Waals surface area contributed by atoms with Crippen molar-refractivity contribution in [2.24, 2.45) is 0 Å². The van der Waals surface area contributed by atoms with Crippen molar-refractivity contribution in [3.8, 4) is 0 Å². The second kappa shape index (κ2) is 8.38. The number of carbonyl (C=O) groups excluding carboxylic acids is 2. The smallest absolute Gasteiger partial charge is 0.270 e. The first-order chi connectivity index (χ1) is 11.0. The van der Waals surface area contributed by atoms with Crippen LogP contribution in [0, 0.1) is 0 Å². The minimum atomic E-state index is -0.380. The van der Waals surface area contributed by atoms with Gasteiger partial charge in [-0.1, -0.05) is 23.7 Å². The van der Waals surface area contributed by atoms with E-state index >= 15 is 0 Å². The molecule has 0 saturated carbocycles. The second-order valence-electron chi connectivity index (χ2n) is 4.64. The molecule has 2 rings (SSSR count). The van der Waals surface area contributed by atoms with Crippen molar-refractivity contribution in [2.45, 2.75) is 17.1 Å². The van der Waals surface area contributed by atoms with Crippen LogP contribution in [-0.2, 0) is 4.79 Å². The zero-order chi connectivity index (χ0) is 16.8. The molecule has 120 valence electrons. The number of thioether (sulfide) groups is 1. The highest BCUT2D eigenvalue weighted by atomic mass is 79.9. The van der Waals surface area contributed by atoms with Gasteiger partial charge in [-0.15, -0.1) is 11.8 Å². The minimum Gasteiger partial charge on any atom is -0.272 e. The van der Waals surface area contributed by atoms with Crippen LogP contribution in [0.15, 0.2) is 57.9 Å². The van der Waals surface area contributed by atoms with Crippen LogP contribution in [-0.4, -0.2) is 17.1 Å². The summed E-state index contributed by atoms with van der Waals surface area (Å²) in [6.45, 7) is 1.76. The summed E-state index contributed by atoms with van der Waals surface area (Å²) in [6.07, 6.45) is 0. The average molecular weight is 414 g/mol. The largest absolute Gasteiger partial charge is 0.272 e. The van der Waals surface area contributed by atoms with Crippen LogP contribution >= 0.6 is 39.3 Å². The van der Waals surface area contributed by atoms with E-state index in [-0.39, 0.29) is 17.1 Å². The number of halogens is 2. The van der Waals surface area contributed by atoms with Gasteiger partial charge in [0.05, 0.1) is 10.8 Å². The number of benzene rings is 2. The molecule has 2 amide bonds. The molecular weight excluding hydrogens is 400 g/mol. The minimum absolute atomic E-state index is 0.287. The highest BCUT2D eigenvalue weighted by Gasteiger charge is 2.16. The molecular formula is C16H14BrClN2O2S. The molecule has 0 spiro atoms. The van der Waals surface area contributed by atoms with Crippen LogP contribution < -0.4 is 10.9 Å².